The molecule has 1 heterocycles. The van der Waals surface area contributed by atoms with E-state index in [1.807, 2.05) is 13.0 Å². The number of carbonyl (C=O) groups excluding carboxylic acids is 1. The zero-order valence-corrected chi connectivity index (χ0v) is 14.5. The molecule has 122 valence electrons. The Hall–Kier alpha value is -1.66. The van der Waals surface area contributed by atoms with Crippen molar-refractivity contribution in [3.8, 4) is 0 Å². The first kappa shape index (κ1) is 16.2. The van der Waals surface area contributed by atoms with Crippen LogP contribution in [0.5, 0.6) is 0 Å². The third-order valence-electron chi connectivity index (χ3n) is 4.03. The summed E-state index contributed by atoms with van der Waals surface area (Å²) < 4.78 is 0. The van der Waals surface area contributed by atoms with Crippen molar-refractivity contribution >= 4 is 39.8 Å². The molecule has 0 aliphatic heterocycles. The van der Waals surface area contributed by atoms with E-state index in [1.165, 1.54) is 43.4 Å². The summed E-state index contributed by atoms with van der Waals surface area (Å²) in [5.41, 5.74) is 1.61. The van der Waals surface area contributed by atoms with E-state index in [0.29, 0.717) is 21.8 Å². The Bertz CT molecular complexity index is 697. The van der Waals surface area contributed by atoms with E-state index in [0.717, 1.165) is 10.6 Å². The van der Waals surface area contributed by atoms with Gasteiger partial charge in [-0.3, -0.25) is 5.32 Å². The number of aromatic nitrogens is 2. The monoisotopic (exact) mass is 350 g/mol. The minimum Gasteiger partial charge on any atom is -0.308 e. The number of nitrogens with zero attached hydrogens (tertiary/aromatic N) is 2. The van der Waals surface area contributed by atoms with Gasteiger partial charge in [0.05, 0.1) is 0 Å². The van der Waals surface area contributed by atoms with E-state index in [1.54, 1.807) is 12.1 Å². The van der Waals surface area contributed by atoms with Crippen molar-refractivity contribution in [1.29, 1.82) is 0 Å². The molecule has 0 unspecified atom stereocenters. The van der Waals surface area contributed by atoms with Gasteiger partial charge in [-0.05, 0) is 43.5 Å². The fourth-order valence-corrected chi connectivity index (χ4v) is 3.81. The largest absolute Gasteiger partial charge is 0.325 e. The maximum absolute atomic E-state index is 12.0. The van der Waals surface area contributed by atoms with Gasteiger partial charge in [-0.2, -0.15) is 0 Å². The van der Waals surface area contributed by atoms with Gasteiger partial charge in [-0.25, -0.2) is 4.79 Å². The number of urea groups is 1. The lowest BCUT2D eigenvalue weighted by Gasteiger charge is -2.18. The summed E-state index contributed by atoms with van der Waals surface area (Å²) in [6, 6.07) is 5.04. The molecule has 7 heteroatoms. The van der Waals surface area contributed by atoms with E-state index in [-0.39, 0.29) is 6.03 Å². The fraction of sp³-hybridized carbons (Fsp3) is 0.438. The molecule has 1 saturated carbocycles. The Labute approximate surface area is 144 Å². The lowest BCUT2D eigenvalue weighted by molar-refractivity contribution is 0.262. The Morgan fingerprint density at radius 2 is 2.00 bits per heavy atom. The Balaban J connectivity index is 1.59. The number of aryl methyl sites for hydroxylation is 1. The van der Waals surface area contributed by atoms with E-state index in [2.05, 4.69) is 20.8 Å². The average Bonchev–Trinajstić information content (AvgIpc) is 3.00. The van der Waals surface area contributed by atoms with Crippen LogP contribution in [0, 0.1) is 6.92 Å². The van der Waals surface area contributed by atoms with Gasteiger partial charge in [0.2, 0.25) is 5.13 Å². The quantitative estimate of drug-likeness (QED) is 0.800. The van der Waals surface area contributed by atoms with Crippen LogP contribution in [0.4, 0.5) is 15.6 Å². The summed E-state index contributed by atoms with van der Waals surface area (Å²) in [6.07, 6.45) is 6.16. The molecule has 1 aliphatic carbocycles. The van der Waals surface area contributed by atoms with Crippen LogP contribution in [0.1, 0.15) is 48.6 Å². The summed E-state index contributed by atoms with van der Waals surface area (Å²) in [6.45, 7) is 1.90. The highest BCUT2D eigenvalue weighted by Crippen LogP contribution is 2.35. The predicted molar refractivity (Wildman–Crippen MR) is 94.6 cm³/mol. The maximum Gasteiger partial charge on any atom is 0.325 e. The van der Waals surface area contributed by atoms with Gasteiger partial charge < -0.3 is 5.32 Å². The molecule has 0 spiro atoms. The predicted octanol–water partition coefficient (Wildman–Crippen LogP) is 5.19. The highest BCUT2D eigenvalue weighted by Gasteiger charge is 2.20. The lowest BCUT2D eigenvalue weighted by atomic mass is 9.90. The number of anilines is 2. The van der Waals surface area contributed by atoms with Gasteiger partial charge in [0.15, 0.2) is 0 Å². The highest BCUT2D eigenvalue weighted by atomic mass is 35.5. The molecule has 0 saturated heterocycles. The number of hydrogen-bond donors (Lipinski definition) is 2. The van der Waals surface area contributed by atoms with Crippen LogP contribution in [0.2, 0.25) is 5.02 Å². The van der Waals surface area contributed by atoms with Gasteiger partial charge in [0.1, 0.15) is 5.01 Å². The number of rotatable bonds is 3. The Kier molecular flexibility index (Phi) is 5.13. The first-order valence-electron chi connectivity index (χ1n) is 7.79. The third kappa shape index (κ3) is 4.20. The standard InChI is InChI=1S/C16H19ClN4OS/c1-10-9-12(7-8-13(10)17)18-15(22)19-16-21-20-14(23-16)11-5-3-2-4-6-11/h7-9,11H,2-6H2,1H3,(H2,18,19,21,22). The number of carbonyl (C=O) groups is 1. The molecule has 0 bridgehead atoms. The molecular formula is C16H19ClN4OS. The van der Waals surface area contributed by atoms with Crippen LogP contribution in [-0.4, -0.2) is 16.2 Å². The summed E-state index contributed by atoms with van der Waals surface area (Å²) in [5, 5.41) is 16.1. The summed E-state index contributed by atoms with van der Waals surface area (Å²) in [7, 11) is 0. The zero-order valence-electron chi connectivity index (χ0n) is 12.9. The highest BCUT2D eigenvalue weighted by molar-refractivity contribution is 7.15. The van der Waals surface area contributed by atoms with Crippen molar-refractivity contribution in [3.05, 3.63) is 33.8 Å². The zero-order chi connectivity index (χ0) is 16.2. The van der Waals surface area contributed by atoms with Gasteiger partial charge in [-0.1, -0.05) is 42.2 Å². The van der Waals surface area contributed by atoms with Crippen LogP contribution in [0.3, 0.4) is 0 Å². The van der Waals surface area contributed by atoms with Crippen molar-refractivity contribution in [3.63, 3.8) is 0 Å². The van der Waals surface area contributed by atoms with Crippen LogP contribution in [-0.2, 0) is 0 Å². The molecule has 2 aromatic rings. The number of hydrogen-bond acceptors (Lipinski definition) is 4. The van der Waals surface area contributed by atoms with Crippen molar-refractivity contribution in [2.24, 2.45) is 0 Å². The molecule has 0 radical (unpaired) electrons. The molecule has 1 aromatic heterocycles. The molecule has 1 fully saturated rings. The molecule has 23 heavy (non-hydrogen) atoms. The fourth-order valence-electron chi connectivity index (χ4n) is 2.78. The minimum atomic E-state index is -0.321. The molecule has 2 amide bonds. The van der Waals surface area contributed by atoms with Gasteiger partial charge in [-0.15, -0.1) is 10.2 Å². The lowest BCUT2D eigenvalue weighted by Crippen LogP contribution is -2.19. The van der Waals surface area contributed by atoms with Gasteiger partial charge in [0, 0.05) is 16.6 Å². The van der Waals surface area contributed by atoms with E-state index in [4.69, 9.17) is 11.6 Å². The second kappa shape index (κ2) is 7.27. The molecule has 0 atom stereocenters. The second-order valence-corrected chi connectivity index (χ2v) is 7.24. The van der Waals surface area contributed by atoms with Crippen LogP contribution in [0.25, 0.3) is 0 Å². The Morgan fingerprint density at radius 1 is 1.22 bits per heavy atom. The number of amides is 2. The van der Waals surface area contributed by atoms with E-state index >= 15 is 0 Å². The smallest absolute Gasteiger partial charge is 0.308 e. The molecule has 2 N–H and O–H groups in total. The van der Waals surface area contributed by atoms with E-state index in [9.17, 15) is 4.79 Å². The minimum absolute atomic E-state index is 0.321. The van der Waals surface area contributed by atoms with Gasteiger partial charge >= 0.3 is 6.03 Å². The van der Waals surface area contributed by atoms with Crippen LogP contribution >= 0.6 is 22.9 Å². The van der Waals surface area contributed by atoms with Gasteiger partial charge in [0.25, 0.3) is 0 Å². The molecule has 1 aromatic carbocycles. The first-order chi connectivity index (χ1) is 11.1. The topological polar surface area (TPSA) is 66.9 Å². The Morgan fingerprint density at radius 3 is 2.74 bits per heavy atom. The summed E-state index contributed by atoms with van der Waals surface area (Å²) >= 11 is 7.45. The van der Waals surface area contributed by atoms with Crippen molar-refractivity contribution in [2.75, 3.05) is 10.6 Å². The normalized spacial score (nSPS) is 15.4. The number of benzene rings is 1. The van der Waals surface area contributed by atoms with E-state index < -0.39 is 0 Å². The van der Waals surface area contributed by atoms with Crippen molar-refractivity contribution in [1.82, 2.24) is 10.2 Å². The molecule has 1 aliphatic rings. The first-order valence-corrected chi connectivity index (χ1v) is 8.99. The maximum atomic E-state index is 12.0. The molecule has 3 rings (SSSR count). The van der Waals surface area contributed by atoms with Crippen molar-refractivity contribution < 1.29 is 4.79 Å². The average molecular weight is 351 g/mol. The summed E-state index contributed by atoms with van der Waals surface area (Å²) in [5.74, 6) is 0.499. The summed E-state index contributed by atoms with van der Waals surface area (Å²) in [4.78, 5) is 12.0. The number of nitrogens with one attached hydrogen (secondary N) is 2. The second-order valence-electron chi connectivity index (χ2n) is 5.82. The molecule has 5 nitrogen and oxygen atoms in total. The van der Waals surface area contributed by atoms with Crippen LogP contribution in [0.15, 0.2) is 18.2 Å². The van der Waals surface area contributed by atoms with Crippen molar-refractivity contribution in [2.45, 2.75) is 44.9 Å². The third-order valence-corrected chi connectivity index (χ3v) is 5.46. The van der Waals surface area contributed by atoms with Crippen LogP contribution < -0.4 is 10.6 Å². The SMILES string of the molecule is Cc1cc(NC(=O)Nc2nnc(C3CCCCC3)s2)ccc1Cl. The molecular weight excluding hydrogens is 332 g/mol. The number of halogens is 1.